The number of rotatable bonds is 4. The number of benzene rings is 2. The zero-order valence-electron chi connectivity index (χ0n) is 23.3. The van der Waals surface area contributed by atoms with Crippen LogP contribution in [0.5, 0.6) is 0 Å². The van der Waals surface area contributed by atoms with E-state index < -0.39 is 0 Å². The van der Waals surface area contributed by atoms with Crippen molar-refractivity contribution in [1.82, 2.24) is 19.9 Å². The molecule has 5 aromatic rings. The van der Waals surface area contributed by atoms with Gasteiger partial charge in [-0.15, -0.1) is 0 Å². The molecule has 0 saturated heterocycles. The molecule has 0 aliphatic heterocycles. The van der Waals surface area contributed by atoms with Crippen LogP contribution in [0.1, 0.15) is 47.7 Å². The smallest absolute Gasteiger partial charge is 0.156 e. The molecule has 198 valence electrons. The molecule has 3 aromatic heterocycles. The molecule has 0 radical (unpaired) electrons. The van der Waals surface area contributed by atoms with E-state index in [-0.39, 0.29) is 0 Å². The quantitative estimate of drug-likeness (QED) is 0.218. The number of aryl methyl sites for hydroxylation is 2. The number of allylic oxidation sites excluding steroid dienone is 10. The molecular formula is C37H30N4. The zero-order chi connectivity index (χ0) is 27.8. The summed E-state index contributed by atoms with van der Waals surface area (Å²) in [6.45, 7) is 4.19. The lowest BCUT2D eigenvalue weighted by atomic mass is 9.97. The van der Waals surface area contributed by atoms with Crippen LogP contribution in [0.25, 0.3) is 49.8 Å². The largest absolute Gasteiger partial charge is 0.251 e. The van der Waals surface area contributed by atoms with E-state index in [0.717, 1.165) is 80.0 Å². The van der Waals surface area contributed by atoms with Crippen LogP contribution >= 0.6 is 0 Å². The summed E-state index contributed by atoms with van der Waals surface area (Å²) in [5.74, 6) is 0.759. The van der Waals surface area contributed by atoms with Gasteiger partial charge in [-0.05, 0) is 61.6 Å². The number of nitrogens with zero attached hydrogens (tertiary/aromatic N) is 4. The molecule has 0 spiro atoms. The van der Waals surface area contributed by atoms with Gasteiger partial charge in [0, 0.05) is 34.0 Å². The van der Waals surface area contributed by atoms with Crippen LogP contribution in [0.3, 0.4) is 0 Å². The van der Waals surface area contributed by atoms with E-state index in [2.05, 4.69) is 110 Å². The molecule has 2 aliphatic carbocycles. The highest BCUT2D eigenvalue weighted by Crippen LogP contribution is 2.34. The van der Waals surface area contributed by atoms with Crippen molar-refractivity contribution in [2.24, 2.45) is 0 Å². The van der Waals surface area contributed by atoms with Gasteiger partial charge in [-0.3, -0.25) is 4.98 Å². The number of pyridine rings is 2. The molecule has 0 N–H and O–H groups in total. The molecule has 0 unspecified atom stereocenters. The van der Waals surface area contributed by atoms with E-state index in [4.69, 9.17) is 19.9 Å². The van der Waals surface area contributed by atoms with Gasteiger partial charge >= 0.3 is 0 Å². The molecule has 4 nitrogen and oxygen atoms in total. The van der Waals surface area contributed by atoms with Crippen LogP contribution in [0.15, 0.2) is 109 Å². The van der Waals surface area contributed by atoms with Crippen molar-refractivity contribution in [3.63, 3.8) is 0 Å². The Bertz CT molecular complexity index is 1970. The molecule has 4 heteroatoms. The normalized spacial score (nSPS) is 15.0. The molecule has 3 heterocycles. The fourth-order valence-electron chi connectivity index (χ4n) is 5.63. The SMILES string of the molecule is Cc1ccc2ccc3c(C)cc(C4=CC=CC=C(c5nc(C6=CC=CCC6)cc(-c6ccccc6)n5)C4)nc3c2n1. The maximum absolute atomic E-state index is 5.21. The van der Waals surface area contributed by atoms with E-state index in [1.165, 1.54) is 11.1 Å². The van der Waals surface area contributed by atoms with E-state index >= 15 is 0 Å². The average Bonchev–Trinajstić information content (AvgIpc) is 3.28. The second-order valence-electron chi connectivity index (χ2n) is 10.7. The lowest BCUT2D eigenvalue weighted by Crippen LogP contribution is -2.03. The summed E-state index contributed by atoms with van der Waals surface area (Å²) in [5, 5.41) is 2.24. The van der Waals surface area contributed by atoms with Crippen molar-refractivity contribution in [2.45, 2.75) is 33.1 Å². The van der Waals surface area contributed by atoms with Gasteiger partial charge in [-0.1, -0.05) is 91.1 Å². The predicted octanol–water partition coefficient (Wildman–Crippen LogP) is 9.02. The summed E-state index contributed by atoms with van der Waals surface area (Å²) in [7, 11) is 0. The van der Waals surface area contributed by atoms with Crippen LogP contribution in [-0.4, -0.2) is 19.9 Å². The second kappa shape index (κ2) is 10.5. The molecule has 0 saturated carbocycles. The summed E-state index contributed by atoms with van der Waals surface area (Å²) < 4.78 is 0. The third kappa shape index (κ3) is 4.93. The zero-order valence-corrected chi connectivity index (χ0v) is 23.3. The molecule has 0 atom stereocenters. The standard InChI is InChI=1S/C37H30N4/c1-24-21-32(39-36-31(24)20-19-28-18-17-25(2)38-35(28)36)29-15-9-10-16-30(22-29)37-40-33(26-11-5-3-6-12-26)23-34(41-37)27-13-7-4-8-14-27/h3-7,9-13,15-21,23H,8,14,22H2,1-2H3. The highest BCUT2D eigenvalue weighted by Gasteiger charge is 2.18. The lowest BCUT2D eigenvalue weighted by Gasteiger charge is -2.15. The number of hydrogen-bond acceptors (Lipinski definition) is 4. The van der Waals surface area contributed by atoms with E-state index in [0.29, 0.717) is 6.42 Å². The first kappa shape index (κ1) is 25.0. The molecule has 0 fully saturated rings. The summed E-state index contributed by atoms with van der Waals surface area (Å²) in [5.41, 5.74) is 11.5. The summed E-state index contributed by atoms with van der Waals surface area (Å²) >= 11 is 0. The Hall–Kier alpha value is -4.96. The van der Waals surface area contributed by atoms with Gasteiger partial charge in [0.1, 0.15) is 0 Å². The molecule has 2 aliphatic rings. The topological polar surface area (TPSA) is 51.6 Å². The lowest BCUT2D eigenvalue weighted by molar-refractivity contribution is 1.01. The highest BCUT2D eigenvalue weighted by atomic mass is 14.9. The molecule has 0 amide bonds. The van der Waals surface area contributed by atoms with Crippen LogP contribution in [0.4, 0.5) is 0 Å². The van der Waals surface area contributed by atoms with Crippen molar-refractivity contribution in [2.75, 3.05) is 0 Å². The van der Waals surface area contributed by atoms with Gasteiger partial charge in [0.05, 0.1) is 28.1 Å². The first-order valence-electron chi connectivity index (χ1n) is 14.2. The molecule has 7 rings (SSSR count). The maximum atomic E-state index is 5.21. The summed E-state index contributed by atoms with van der Waals surface area (Å²) in [6, 6.07) is 23.2. The van der Waals surface area contributed by atoms with Gasteiger partial charge in [-0.25, -0.2) is 15.0 Å². The summed E-state index contributed by atoms with van der Waals surface area (Å²) in [6.07, 6.45) is 17.7. The van der Waals surface area contributed by atoms with E-state index in [1.807, 2.05) is 13.0 Å². The van der Waals surface area contributed by atoms with Crippen LogP contribution < -0.4 is 0 Å². The van der Waals surface area contributed by atoms with E-state index in [1.54, 1.807) is 0 Å². The van der Waals surface area contributed by atoms with Gasteiger partial charge in [0.25, 0.3) is 0 Å². The Morgan fingerprint density at radius 3 is 2.20 bits per heavy atom. The van der Waals surface area contributed by atoms with Crippen molar-refractivity contribution < 1.29 is 0 Å². The van der Waals surface area contributed by atoms with Gasteiger partial charge < -0.3 is 0 Å². The van der Waals surface area contributed by atoms with Gasteiger partial charge in [-0.2, -0.15) is 0 Å². The second-order valence-corrected chi connectivity index (χ2v) is 10.7. The van der Waals surface area contributed by atoms with Crippen molar-refractivity contribution in [3.05, 3.63) is 138 Å². The molecule has 0 bridgehead atoms. The van der Waals surface area contributed by atoms with Crippen LogP contribution in [-0.2, 0) is 0 Å². The predicted molar refractivity (Wildman–Crippen MR) is 170 cm³/mol. The number of aromatic nitrogens is 4. The Morgan fingerprint density at radius 2 is 1.37 bits per heavy atom. The van der Waals surface area contributed by atoms with Crippen molar-refractivity contribution >= 4 is 38.5 Å². The van der Waals surface area contributed by atoms with Crippen LogP contribution in [0, 0.1) is 13.8 Å². The Morgan fingerprint density at radius 1 is 0.610 bits per heavy atom. The Kier molecular flexibility index (Phi) is 6.44. The molecule has 41 heavy (non-hydrogen) atoms. The Labute approximate surface area is 240 Å². The van der Waals surface area contributed by atoms with Gasteiger partial charge in [0.15, 0.2) is 5.82 Å². The maximum Gasteiger partial charge on any atom is 0.156 e. The fourth-order valence-corrected chi connectivity index (χ4v) is 5.63. The monoisotopic (exact) mass is 530 g/mol. The average molecular weight is 531 g/mol. The molecular weight excluding hydrogens is 500 g/mol. The number of hydrogen-bond donors (Lipinski definition) is 0. The highest BCUT2D eigenvalue weighted by molar-refractivity contribution is 6.04. The minimum atomic E-state index is 0.679. The summed E-state index contributed by atoms with van der Waals surface area (Å²) in [4.78, 5) is 20.3. The first-order valence-corrected chi connectivity index (χ1v) is 14.2. The third-order valence-corrected chi connectivity index (χ3v) is 7.83. The third-order valence-electron chi connectivity index (χ3n) is 7.83. The molecule has 2 aromatic carbocycles. The van der Waals surface area contributed by atoms with Crippen LogP contribution in [0.2, 0.25) is 0 Å². The first-order chi connectivity index (χ1) is 20.1. The van der Waals surface area contributed by atoms with Crippen molar-refractivity contribution in [3.8, 4) is 11.3 Å². The minimum absolute atomic E-state index is 0.679. The van der Waals surface area contributed by atoms with E-state index in [9.17, 15) is 0 Å². The van der Waals surface area contributed by atoms with Crippen molar-refractivity contribution in [1.29, 1.82) is 0 Å². The fraction of sp³-hybridized carbons (Fsp3) is 0.135. The van der Waals surface area contributed by atoms with Gasteiger partial charge in [0.2, 0.25) is 0 Å². The minimum Gasteiger partial charge on any atom is -0.251 e. The number of fused-ring (bicyclic) bond motifs is 3. The Balaban J connectivity index is 1.32.